The molecule has 0 aliphatic heterocycles. The van der Waals surface area contributed by atoms with E-state index in [1.165, 1.54) is 0 Å². The summed E-state index contributed by atoms with van der Waals surface area (Å²) in [6, 6.07) is 13.9. The smallest absolute Gasteiger partial charge is 0.261 e. The Bertz CT molecular complexity index is 667. The van der Waals surface area contributed by atoms with Gasteiger partial charge in [-0.05, 0) is 77.5 Å². The molecule has 6 heteroatoms. The molecular formula is C14H15IN2O2S. The molecular weight excluding hydrogens is 387 g/mol. The first-order valence-electron chi connectivity index (χ1n) is 6.09. The van der Waals surface area contributed by atoms with Crippen molar-refractivity contribution in [1.82, 2.24) is 0 Å². The van der Waals surface area contributed by atoms with Crippen LogP contribution in [0, 0.1) is 3.57 Å². The molecule has 0 bridgehead atoms. The summed E-state index contributed by atoms with van der Waals surface area (Å²) < 4.78 is 27.9. The van der Waals surface area contributed by atoms with E-state index in [1.54, 1.807) is 36.4 Å². The Labute approximate surface area is 132 Å². The summed E-state index contributed by atoms with van der Waals surface area (Å²) in [5, 5.41) is 0. The van der Waals surface area contributed by atoms with Crippen LogP contribution < -0.4 is 10.5 Å². The monoisotopic (exact) mass is 402 g/mol. The average Bonchev–Trinajstić information content (AvgIpc) is 2.41. The highest BCUT2D eigenvalue weighted by Gasteiger charge is 2.13. The van der Waals surface area contributed by atoms with Crippen molar-refractivity contribution in [1.29, 1.82) is 0 Å². The lowest BCUT2D eigenvalue weighted by atomic mass is 10.1. The molecule has 0 amide bonds. The van der Waals surface area contributed by atoms with Crippen LogP contribution in [0.3, 0.4) is 0 Å². The molecule has 0 atom stereocenters. The SMILES string of the molecule is NCCc1ccc(NS(=O)(=O)c2ccc(I)cc2)cc1. The zero-order valence-corrected chi connectivity index (χ0v) is 13.7. The van der Waals surface area contributed by atoms with E-state index in [9.17, 15) is 8.42 Å². The third-order valence-electron chi connectivity index (χ3n) is 2.76. The Morgan fingerprint density at radius 1 is 1.00 bits per heavy atom. The van der Waals surface area contributed by atoms with Crippen LogP contribution in [0.25, 0.3) is 0 Å². The van der Waals surface area contributed by atoms with E-state index in [0.29, 0.717) is 12.2 Å². The number of halogens is 1. The van der Waals surface area contributed by atoms with Gasteiger partial charge in [-0.25, -0.2) is 8.42 Å². The molecule has 3 N–H and O–H groups in total. The fraction of sp³-hybridized carbons (Fsp3) is 0.143. The highest BCUT2D eigenvalue weighted by Crippen LogP contribution is 2.17. The van der Waals surface area contributed by atoms with Crippen LogP contribution in [0.2, 0.25) is 0 Å². The minimum atomic E-state index is -3.53. The van der Waals surface area contributed by atoms with Crippen molar-refractivity contribution in [2.24, 2.45) is 5.73 Å². The summed E-state index contributed by atoms with van der Waals surface area (Å²) in [6.45, 7) is 0.577. The van der Waals surface area contributed by atoms with Gasteiger partial charge in [-0.3, -0.25) is 4.72 Å². The van der Waals surface area contributed by atoms with Crippen molar-refractivity contribution < 1.29 is 8.42 Å². The van der Waals surface area contributed by atoms with Gasteiger partial charge in [0.15, 0.2) is 0 Å². The normalized spacial score (nSPS) is 11.3. The number of rotatable bonds is 5. The van der Waals surface area contributed by atoms with E-state index in [0.717, 1.165) is 15.6 Å². The van der Waals surface area contributed by atoms with Gasteiger partial charge in [0.1, 0.15) is 0 Å². The summed E-state index contributed by atoms with van der Waals surface area (Å²) in [6.07, 6.45) is 0.782. The van der Waals surface area contributed by atoms with E-state index in [4.69, 9.17) is 5.73 Å². The summed E-state index contributed by atoms with van der Waals surface area (Å²) in [4.78, 5) is 0.254. The fourth-order valence-electron chi connectivity index (χ4n) is 1.73. The lowest BCUT2D eigenvalue weighted by Gasteiger charge is -2.09. The Kier molecular flexibility index (Phi) is 5.00. The van der Waals surface area contributed by atoms with Crippen molar-refractivity contribution in [3.8, 4) is 0 Å². The molecule has 0 unspecified atom stereocenters. The van der Waals surface area contributed by atoms with Gasteiger partial charge < -0.3 is 5.73 Å². The topological polar surface area (TPSA) is 72.2 Å². The second-order valence-electron chi connectivity index (χ2n) is 4.30. The van der Waals surface area contributed by atoms with E-state index in [-0.39, 0.29) is 4.90 Å². The number of hydrogen-bond acceptors (Lipinski definition) is 3. The zero-order valence-electron chi connectivity index (χ0n) is 10.7. The predicted molar refractivity (Wildman–Crippen MR) is 89.2 cm³/mol. The van der Waals surface area contributed by atoms with Gasteiger partial charge in [0, 0.05) is 9.26 Å². The molecule has 0 aliphatic rings. The van der Waals surface area contributed by atoms with Crippen molar-refractivity contribution in [3.63, 3.8) is 0 Å². The molecule has 0 aromatic heterocycles. The molecule has 2 aromatic carbocycles. The van der Waals surface area contributed by atoms with Crippen molar-refractivity contribution >= 4 is 38.3 Å². The van der Waals surface area contributed by atoms with Gasteiger partial charge in [-0.2, -0.15) is 0 Å². The third-order valence-corrected chi connectivity index (χ3v) is 4.88. The second kappa shape index (κ2) is 6.55. The van der Waals surface area contributed by atoms with Crippen molar-refractivity contribution in [3.05, 3.63) is 57.7 Å². The highest BCUT2D eigenvalue weighted by atomic mass is 127. The molecule has 0 saturated heterocycles. The summed E-state index contributed by atoms with van der Waals surface area (Å²) >= 11 is 2.13. The number of sulfonamides is 1. The first kappa shape index (κ1) is 15.3. The molecule has 0 fully saturated rings. The second-order valence-corrected chi connectivity index (χ2v) is 7.22. The summed E-state index contributed by atoms with van der Waals surface area (Å²) in [5.74, 6) is 0. The van der Waals surface area contributed by atoms with E-state index < -0.39 is 10.0 Å². The molecule has 0 saturated carbocycles. The molecule has 0 heterocycles. The molecule has 0 aliphatic carbocycles. The quantitative estimate of drug-likeness (QED) is 0.756. The molecule has 0 radical (unpaired) electrons. The largest absolute Gasteiger partial charge is 0.330 e. The first-order chi connectivity index (χ1) is 9.51. The van der Waals surface area contributed by atoms with Crippen LogP contribution in [0.5, 0.6) is 0 Å². The number of benzene rings is 2. The highest BCUT2D eigenvalue weighted by molar-refractivity contribution is 14.1. The zero-order chi connectivity index (χ0) is 14.6. The first-order valence-corrected chi connectivity index (χ1v) is 8.65. The van der Waals surface area contributed by atoms with E-state index in [2.05, 4.69) is 27.3 Å². The Morgan fingerprint density at radius 2 is 1.60 bits per heavy atom. The lowest BCUT2D eigenvalue weighted by Crippen LogP contribution is -2.13. The molecule has 2 aromatic rings. The van der Waals surface area contributed by atoms with Gasteiger partial charge >= 0.3 is 0 Å². The average molecular weight is 402 g/mol. The van der Waals surface area contributed by atoms with Gasteiger partial charge in [-0.15, -0.1) is 0 Å². The van der Waals surface area contributed by atoms with Gasteiger partial charge in [0.2, 0.25) is 0 Å². The Hall–Kier alpha value is -1.12. The summed E-state index contributed by atoms with van der Waals surface area (Å²) in [5.41, 5.74) is 7.11. The van der Waals surface area contributed by atoms with E-state index >= 15 is 0 Å². The van der Waals surface area contributed by atoms with Gasteiger partial charge in [0.25, 0.3) is 10.0 Å². The van der Waals surface area contributed by atoms with Crippen LogP contribution in [-0.4, -0.2) is 15.0 Å². The Balaban J connectivity index is 2.17. The standard InChI is InChI=1S/C14H15IN2O2S/c15-12-3-7-14(8-4-12)20(18,19)17-13-5-1-11(2-6-13)9-10-16/h1-8,17H,9-10,16H2. The minimum Gasteiger partial charge on any atom is -0.330 e. The lowest BCUT2D eigenvalue weighted by molar-refractivity contribution is 0.601. The molecule has 4 nitrogen and oxygen atoms in total. The summed E-state index contributed by atoms with van der Waals surface area (Å²) in [7, 11) is -3.53. The predicted octanol–water partition coefficient (Wildman–Crippen LogP) is 2.59. The maximum atomic E-state index is 12.2. The molecule has 106 valence electrons. The minimum absolute atomic E-state index is 0.254. The maximum Gasteiger partial charge on any atom is 0.261 e. The number of nitrogens with two attached hydrogens (primary N) is 1. The number of anilines is 1. The van der Waals surface area contributed by atoms with Crippen molar-refractivity contribution in [2.45, 2.75) is 11.3 Å². The van der Waals surface area contributed by atoms with Crippen LogP contribution in [-0.2, 0) is 16.4 Å². The molecule has 2 rings (SSSR count). The van der Waals surface area contributed by atoms with Crippen LogP contribution >= 0.6 is 22.6 Å². The van der Waals surface area contributed by atoms with Gasteiger partial charge in [0.05, 0.1) is 4.90 Å². The fourth-order valence-corrected chi connectivity index (χ4v) is 3.15. The molecule has 20 heavy (non-hydrogen) atoms. The Morgan fingerprint density at radius 3 is 2.15 bits per heavy atom. The van der Waals surface area contributed by atoms with Crippen LogP contribution in [0.1, 0.15) is 5.56 Å². The number of hydrogen-bond donors (Lipinski definition) is 2. The van der Waals surface area contributed by atoms with Crippen molar-refractivity contribution in [2.75, 3.05) is 11.3 Å². The number of nitrogens with one attached hydrogen (secondary N) is 1. The molecule has 0 spiro atoms. The van der Waals surface area contributed by atoms with E-state index in [1.807, 2.05) is 12.1 Å². The maximum absolute atomic E-state index is 12.2. The third kappa shape index (κ3) is 3.94. The van der Waals surface area contributed by atoms with Crippen LogP contribution in [0.4, 0.5) is 5.69 Å². The van der Waals surface area contributed by atoms with Crippen LogP contribution in [0.15, 0.2) is 53.4 Å². The van der Waals surface area contributed by atoms with Gasteiger partial charge in [-0.1, -0.05) is 12.1 Å².